The van der Waals surface area contributed by atoms with Crippen LogP contribution in [0.3, 0.4) is 0 Å². The highest BCUT2D eigenvalue weighted by Gasteiger charge is 2.22. The lowest BCUT2D eigenvalue weighted by atomic mass is 10.1. The van der Waals surface area contributed by atoms with Crippen LogP contribution < -0.4 is 10.6 Å². The number of halogens is 1. The van der Waals surface area contributed by atoms with Crippen LogP contribution in [0, 0.1) is 0 Å². The van der Waals surface area contributed by atoms with Gasteiger partial charge >= 0.3 is 0 Å². The molecule has 0 amide bonds. The molecule has 1 aromatic carbocycles. The summed E-state index contributed by atoms with van der Waals surface area (Å²) in [6, 6.07) is 6.57. The van der Waals surface area contributed by atoms with Gasteiger partial charge in [0.2, 0.25) is 0 Å². The molecule has 1 saturated heterocycles. The van der Waals surface area contributed by atoms with Crippen molar-refractivity contribution >= 4 is 27.3 Å². The van der Waals surface area contributed by atoms with E-state index in [0.29, 0.717) is 6.04 Å². The fraction of sp³-hybridized carbons (Fsp3) is 0.500. The number of nitrogens with two attached hydrogens (primary N) is 1. The van der Waals surface area contributed by atoms with Gasteiger partial charge in [-0.25, -0.2) is 0 Å². The van der Waals surface area contributed by atoms with E-state index in [1.165, 1.54) is 0 Å². The maximum absolute atomic E-state index is 6.04. The van der Waals surface area contributed by atoms with Crippen molar-refractivity contribution in [2.45, 2.75) is 13.0 Å². The van der Waals surface area contributed by atoms with Gasteiger partial charge < -0.3 is 15.5 Å². The third-order valence-electron chi connectivity index (χ3n) is 3.13. The molecule has 1 aliphatic rings. The summed E-state index contributed by atoms with van der Waals surface area (Å²) in [4.78, 5) is 4.75. The van der Waals surface area contributed by atoms with Crippen molar-refractivity contribution in [2.24, 2.45) is 0 Å². The van der Waals surface area contributed by atoms with E-state index < -0.39 is 0 Å². The highest BCUT2D eigenvalue weighted by Crippen LogP contribution is 2.29. The van der Waals surface area contributed by atoms with Crippen LogP contribution in [0.4, 0.5) is 11.4 Å². The number of hydrogen-bond acceptors (Lipinski definition) is 3. The normalized spacial score (nSPS) is 22.4. The Morgan fingerprint density at radius 2 is 2.12 bits per heavy atom. The fourth-order valence-electron chi connectivity index (χ4n) is 2.26. The number of hydrogen-bond donors (Lipinski definition) is 1. The molecule has 1 fully saturated rings. The number of nitrogen functional groups attached to an aromatic ring is 1. The number of piperazine rings is 1. The van der Waals surface area contributed by atoms with E-state index in [1.54, 1.807) is 0 Å². The SMILES string of the molecule is CC1CN(C)CCN1c1cc(Br)ccc1N. The van der Waals surface area contributed by atoms with Crippen LogP contribution in [0.5, 0.6) is 0 Å². The number of anilines is 2. The predicted octanol–water partition coefficient (Wildman–Crippen LogP) is 2.17. The van der Waals surface area contributed by atoms with Gasteiger partial charge in [-0.2, -0.15) is 0 Å². The van der Waals surface area contributed by atoms with Gasteiger partial charge in [0.25, 0.3) is 0 Å². The summed E-state index contributed by atoms with van der Waals surface area (Å²) in [6.07, 6.45) is 0. The van der Waals surface area contributed by atoms with E-state index in [4.69, 9.17) is 5.73 Å². The molecule has 1 heterocycles. The van der Waals surface area contributed by atoms with E-state index >= 15 is 0 Å². The Labute approximate surface area is 105 Å². The molecular formula is C12H18BrN3. The van der Waals surface area contributed by atoms with Crippen molar-refractivity contribution in [3.8, 4) is 0 Å². The Bertz CT molecular complexity index is 381. The molecule has 1 unspecified atom stereocenters. The largest absolute Gasteiger partial charge is 0.397 e. The number of rotatable bonds is 1. The fourth-order valence-corrected chi connectivity index (χ4v) is 2.61. The summed E-state index contributed by atoms with van der Waals surface area (Å²) < 4.78 is 1.09. The van der Waals surface area contributed by atoms with Gasteiger partial charge in [0.05, 0.1) is 11.4 Å². The lowest BCUT2D eigenvalue weighted by Crippen LogP contribution is -2.50. The smallest absolute Gasteiger partial charge is 0.0614 e. The summed E-state index contributed by atoms with van der Waals surface area (Å²) in [7, 11) is 2.16. The van der Waals surface area contributed by atoms with Crippen molar-refractivity contribution < 1.29 is 0 Å². The Morgan fingerprint density at radius 3 is 2.81 bits per heavy atom. The van der Waals surface area contributed by atoms with Crippen LogP contribution in [0.1, 0.15) is 6.92 Å². The molecule has 2 rings (SSSR count). The summed E-state index contributed by atoms with van der Waals surface area (Å²) in [5.41, 5.74) is 8.05. The topological polar surface area (TPSA) is 32.5 Å². The van der Waals surface area contributed by atoms with E-state index in [0.717, 1.165) is 35.5 Å². The molecule has 1 aliphatic heterocycles. The van der Waals surface area contributed by atoms with Gasteiger partial charge in [0.15, 0.2) is 0 Å². The molecule has 4 heteroatoms. The molecule has 2 N–H and O–H groups in total. The van der Waals surface area contributed by atoms with Crippen LogP contribution in [0.15, 0.2) is 22.7 Å². The predicted molar refractivity (Wildman–Crippen MR) is 72.9 cm³/mol. The average molecular weight is 284 g/mol. The molecule has 0 radical (unpaired) electrons. The molecule has 0 saturated carbocycles. The monoisotopic (exact) mass is 283 g/mol. The van der Waals surface area contributed by atoms with Gasteiger partial charge in [-0.3, -0.25) is 0 Å². The van der Waals surface area contributed by atoms with Gasteiger partial charge in [-0.05, 0) is 32.2 Å². The lowest BCUT2D eigenvalue weighted by molar-refractivity contribution is 0.276. The zero-order chi connectivity index (χ0) is 11.7. The minimum Gasteiger partial charge on any atom is -0.397 e. The zero-order valence-electron chi connectivity index (χ0n) is 9.78. The minimum absolute atomic E-state index is 0.510. The van der Waals surface area contributed by atoms with Crippen LogP contribution in [-0.2, 0) is 0 Å². The van der Waals surface area contributed by atoms with Crippen LogP contribution >= 0.6 is 15.9 Å². The van der Waals surface area contributed by atoms with Crippen molar-refractivity contribution in [3.63, 3.8) is 0 Å². The summed E-state index contributed by atoms with van der Waals surface area (Å²) >= 11 is 3.50. The summed E-state index contributed by atoms with van der Waals surface area (Å²) in [5, 5.41) is 0. The highest BCUT2D eigenvalue weighted by molar-refractivity contribution is 9.10. The first-order valence-corrected chi connectivity index (χ1v) is 6.37. The van der Waals surface area contributed by atoms with Crippen molar-refractivity contribution in [3.05, 3.63) is 22.7 Å². The van der Waals surface area contributed by atoms with Gasteiger partial charge in [0.1, 0.15) is 0 Å². The third kappa shape index (κ3) is 2.33. The van der Waals surface area contributed by atoms with E-state index in [1.807, 2.05) is 12.1 Å². The number of likely N-dealkylation sites (N-methyl/N-ethyl adjacent to an activating group) is 1. The van der Waals surface area contributed by atoms with E-state index in [9.17, 15) is 0 Å². The standard InChI is InChI=1S/C12H18BrN3/c1-9-8-15(2)5-6-16(9)12-7-10(13)3-4-11(12)14/h3-4,7,9H,5-6,8,14H2,1-2H3. The van der Waals surface area contributed by atoms with Crippen molar-refractivity contribution in [1.29, 1.82) is 0 Å². The Balaban J connectivity index is 2.26. The number of nitrogens with zero attached hydrogens (tertiary/aromatic N) is 2. The molecule has 0 aliphatic carbocycles. The molecule has 88 valence electrons. The van der Waals surface area contributed by atoms with Gasteiger partial charge in [-0.15, -0.1) is 0 Å². The quantitative estimate of drug-likeness (QED) is 0.802. The van der Waals surface area contributed by atoms with E-state index in [-0.39, 0.29) is 0 Å². The molecule has 0 aromatic heterocycles. The zero-order valence-corrected chi connectivity index (χ0v) is 11.4. The Kier molecular flexibility index (Phi) is 3.40. The molecule has 3 nitrogen and oxygen atoms in total. The Morgan fingerprint density at radius 1 is 1.38 bits per heavy atom. The third-order valence-corrected chi connectivity index (χ3v) is 3.63. The van der Waals surface area contributed by atoms with Crippen molar-refractivity contribution in [2.75, 3.05) is 37.3 Å². The maximum atomic E-state index is 6.04. The second kappa shape index (κ2) is 4.63. The van der Waals surface area contributed by atoms with Gasteiger partial charge in [0, 0.05) is 30.1 Å². The summed E-state index contributed by atoms with van der Waals surface area (Å²) in [6.45, 7) is 5.47. The molecule has 1 aromatic rings. The maximum Gasteiger partial charge on any atom is 0.0614 e. The highest BCUT2D eigenvalue weighted by atomic mass is 79.9. The van der Waals surface area contributed by atoms with Crippen LogP contribution in [-0.4, -0.2) is 37.6 Å². The minimum atomic E-state index is 0.510. The van der Waals surface area contributed by atoms with E-state index in [2.05, 4.69) is 45.8 Å². The Hall–Kier alpha value is -0.740. The first-order valence-electron chi connectivity index (χ1n) is 5.58. The van der Waals surface area contributed by atoms with Crippen LogP contribution in [0.25, 0.3) is 0 Å². The van der Waals surface area contributed by atoms with Gasteiger partial charge in [-0.1, -0.05) is 15.9 Å². The summed E-state index contributed by atoms with van der Waals surface area (Å²) in [5.74, 6) is 0. The molecule has 1 atom stereocenters. The molecular weight excluding hydrogens is 266 g/mol. The average Bonchev–Trinajstić information content (AvgIpc) is 2.22. The molecule has 0 spiro atoms. The first-order chi connectivity index (χ1) is 7.58. The lowest BCUT2D eigenvalue weighted by Gasteiger charge is -2.40. The van der Waals surface area contributed by atoms with Crippen LogP contribution in [0.2, 0.25) is 0 Å². The second-order valence-corrected chi connectivity index (χ2v) is 5.42. The van der Waals surface area contributed by atoms with Crippen molar-refractivity contribution in [1.82, 2.24) is 4.90 Å². The molecule has 16 heavy (non-hydrogen) atoms. The molecule has 0 bridgehead atoms. The first kappa shape index (κ1) is 11.7. The second-order valence-electron chi connectivity index (χ2n) is 4.51. The number of benzene rings is 1.